The first-order valence-corrected chi connectivity index (χ1v) is 5.97. The van der Waals surface area contributed by atoms with Gasteiger partial charge >= 0.3 is 5.97 Å². The second-order valence-electron chi connectivity index (χ2n) is 4.82. The molecule has 1 aromatic rings. The molecule has 0 radical (unpaired) electrons. The standard InChI is InChI=1S/C14H13F3O3/c1-4-7-12(19-14(2,3)20-13(7)18)8-5-10(16)11(17)6-9(8)15/h4-6,12H,1-3H3. The van der Waals surface area contributed by atoms with Crippen LogP contribution in [-0.4, -0.2) is 11.8 Å². The molecule has 1 fully saturated rings. The van der Waals surface area contributed by atoms with Gasteiger partial charge in [-0.1, -0.05) is 6.08 Å². The van der Waals surface area contributed by atoms with Crippen molar-refractivity contribution in [3.63, 3.8) is 0 Å². The Hall–Kier alpha value is -1.82. The number of allylic oxidation sites excluding steroid dienone is 1. The van der Waals surface area contributed by atoms with Crippen LogP contribution in [0.2, 0.25) is 0 Å². The van der Waals surface area contributed by atoms with Crippen LogP contribution in [0.25, 0.3) is 0 Å². The van der Waals surface area contributed by atoms with E-state index in [1.54, 1.807) is 6.92 Å². The Morgan fingerprint density at radius 2 is 1.75 bits per heavy atom. The lowest BCUT2D eigenvalue weighted by atomic mass is 9.98. The molecule has 0 amide bonds. The number of rotatable bonds is 1. The lowest BCUT2D eigenvalue weighted by molar-refractivity contribution is -0.244. The molecule has 1 aliphatic heterocycles. The fourth-order valence-electron chi connectivity index (χ4n) is 2.00. The van der Waals surface area contributed by atoms with E-state index in [1.807, 2.05) is 0 Å². The third-order valence-electron chi connectivity index (χ3n) is 2.89. The summed E-state index contributed by atoms with van der Waals surface area (Å²) in [7, 11) is 0. The number of ether oxygens (including phenoxy) is 2. The van der Waals surface area contributed by atoms with E-state index in [-0.39, 0.29) is 11.1 Å². The van der Waals surface area contributed by atoms with Crippen LogP contribution in [0.5, 0.6) is 0 Å². The minimum absolute atomic E-state index is 0.0363. The van der Waals surface area contributed by atoms with E-state index in [1.165, 1.54) is 19.9 Å². The fraction of sp³-hybridized carbons (Fsp3) is 0.357. The molecular formula is C14H13F3O3. The second kappa shape index (κ2) is 4.94. The second-order valence-corrected chi connectivity index (χ2v) is 4.82. The van der Waals surface area contributed by atoms with Crippen molar-refractivity contribution in [3.8, 4) is 0 Å². The van der Waals surface area contributed by atoms with Crippen molar-refractivity contribution in [1.82, 2.24) is 0 Å². The van der Waals surface area contributed by atoms with Crippen molar-refractivity contribution < 1.29 is 27.4 Å². The summed E-state index contributed by atoms with van der Waals surface area (Å²) >= 11 is 0. The average Bonchev–Trinajstić information content (AvgIpc) is 2.32. The van der Waals surface area contributed by atoms with Gasteiger partial charge in [-0.2, -0.15) is 0 Å². The summed E-state index contributed by atoms with van der Waals surface area (Å²) in [5, 5.41) is 0. The molecule has 1 unspecified atom stereocenters. The van der Waals surface area contributed by atoms with Crippen LogP contribution in [-0.2, 0) is 14.3 Å². The molecule has 0 saturated carbocycles. The van der Waals surface area contributed by atoms with Crippen molar-refractivity contribution >= 4 is 5.97 Å². The van der Waals surface area contributed by atoms with Crippen LogP contribution in [0.3, 0.4) is 0 Å². The molecule has 0 aliphatic carbocycles. The van der Waals surface area contributed by atoms with Crippen LogP contribution in [0.15, 0.2) is 23.8 Å². The molecule has 20 heavy (non-hydrogen) atoms. The highest BCUT2D eigenvalue weighted by atomic mass is 19.2. The number of carbonyl (C=O) groups is 1. The van der Waals surface area contributed by atoms with E-state index < -0.39 is 35.3 Å². The minimum atomic E-state index is -1.30. The molecule has 108 valence electrons. The molecule has 0 spiro atoms. The number of esters is 1. The van der Waals surface area contributed by atoms with Crippen molar-refractivity contribution in [2.24, 2.45) is 0 Å². The van der Waals surface area contributed by atoms with Gasteiger partial charge in [0.05, 0.1) is 5.57 Å². The normalized spacial score (nSPS) is 23.8. The summed E-state index contributed by atoms with van der Waals surface area (Å²) < 4.78 is 50.6. The van der Waals surface area contributed by atoms with E-state index in [9.17, 15) is 18.0 Å². The summed E-state index contributed by atoms with van der Waals surface area (Å²) in [6.07, 6.45) is 0.245. The number of halogens is 3. The predicted molar refractivity (Wildman–Crippen MR) is 64.1 cm³/mol. The fourth-order valence-corrected chi connectivity index (χ4v) is 2.00. The van der Waals surface area contributed by atoms with Crippen molar-refractivity contribution in [1.29, 1.82) is 0 Å². The third kappa shape index (κ3) is 2.56. The zero-order valence-corrected chi connectivity index (χ0v) is 11.2. The number of cyclic esters (lactones) is 1. The predicted octanol–water partition coefficient (Wildman–Crippen LogP) is 3.40. The highest BCUT2D eigenvalue weighted by Crippen LogP contribution is 2.38. The summed E-state index contributed by atoms with van der Waals surface area (Å²) in [6, 6.07) is 1.11. The van der Waals surface area contributed by atoms with Crippen LogP contribution >= 0.6 is 0 Å². The largest absolute Gasteiger partial charge is 0.430 e. The Morgan fingerprint density at radius 3 is 2.35 bits per heavy atom. The van der Waals surface area contributed by atoms with Gasteiger partial charge < -0.3 is 9.47 Å². The van der Waals surface area contributed by atoms with Crippen LogP contribution in [0, 0.1) is 17.5 Å². The molecule has 1 heterocycles. The molecule has 1 saturated heterocycles. The molecule has 2 rings (SSSR count). The van der Waals surface area contributed by atoms with Crippen LogP contribution < -0.4 is 0 Å². The highest BCUT2D eigenvalue weighted by molar-refractivity contribution is 5.90. The SMILES string of the molecule is CC=C1C(=O)OC(C)(C)OC1c1cc(F)c(F)cc1F. The van der Waals surface area contributed by atoms with E-state index in [0.717, 1.165) is 0 Å². The zero-order valence-electron chi connectivity index (χ0n) is 11.2. The van der Waals surface area contributed by atoms with Gasteiger partial charge in [0.25, 0.3) is 0 Å². The molecule has 6 heteroatoms. The molecule has 0 aromatic heterocycles. The van der Waals surface area contributed by atoms with Crippen molar-refractivity contribution in [2.45, 2.75) is 32.7 Å². The molecule has 1 aromatic carbocycles. The molecular weight excluding hydrogens is 273 g/mol. The molecule has 1 atom stereocenters. The van der Waals surface area contributed by atoms with Gasteiger partial charge in [0.2, 0.25) is 5.79 Å². The lowest BCUT2D eigenvalue weighted by Gasteiger charge is -2.36. The Kier molecular flexibility index (Phi) is 3.60. The van der Waals surface area contributed by atoms with Gasteiger partial charge in [-0.05, 0) is 13.0 Å². The summed E-state index contributed by atoms with van der Waals surface area (Å²) in [6.45, 7) is 4.49. The summed E-state index contributed by atoms with van der Waals surface area (Å²) in [5.74, 6) is -5.47. The smallest absolute Gasteiger partial charge is 0.339 e. The quantitative estimate of drug-likeness (QED) is 0.451. The number of hydrogen-bond acceptors (Lipinski definition) is 3. The molecule has 0 bridgehead atoms. The van der Waals surface area contributed by atoms with Crippen molar-refractivity contribution in [2.75, 3.05) is 0 Å². The first kappa shape index (κ1) is 14.6. The van der Waals surface area contributed by atoms with Gasteiger partial charge in [0.15, 0.2) is 11.6 Å². The number of carbonyl (C=O) groups excluding carboxylic acids is 1. The maximum Gasteiger partial charge on any atom is 0.339 e. The van der Waals surface area contributed by atoms with E-state index >= 15 is 0 Å². The van der Waals surface area contributed by atoms with Gasteiger partial charge in [-0.15, -0.1) is 0 Å². The maximum atomic E-state index is 13.8. The van der Waals surface area contributed by atoms with Gasteiger partial charge in [0.1, 0.15) is 11.9 Å². The first-order valence-electron chi connectivity index (χ1n) is 5.97. The number of benzene rings is 1. The van der Waals surface area contributed by atoms with Crippen molar-refractivity contribution in [3.05, 3.63) is 46.8 Å². The molecule has 1 aliphatic rings. The maximum absolute atomic E-state index is 13.8. The average molecular weight is 286 g/mol. The molecule has 0 N–H and O–H groups in total. The number of hydrogen-bond donors (Lipinski definition) is 0. The van der Waals surface area contributed by atoms with E-state index in [0.29, 0.717) is 12.1 Å². The van der Waals surface area contributed by atoms with E-state index in [2.05, 4.69) is 0 Å². The monoisotopic (exact) mass is 286 g/mol. The molecule has 3 nitrogen and oxygen atoms in total. The Balaban J connectivity index is 2.53. The summed E-state index contributed by atoms with van der Waals surface area (Å²) in [5.41, 5.74) is -0.212. The minimum Gasteiger partial charge on any atom is -0.430 e. The van der Waals surface area contributed by atoms with E-state index in [4.69, 9.17) is 9.47 Å². The Morgan fingerprint density at radius 1 is 1.15 bits per heavy atom. The van der Waals surface area contributed by atoms with Gasteiger partial charge in [0, 0.05) is 25.5 Å². The van der Waals surface area contributed by atoms with Crippen LogP contribution in [0.1, 0.15) is 32.4 Å². The Bertz CT molecular complexity index is 594. The zero-order chi connectivity index (χ0) is 15.1. The third-order valence-corrected chi connectivity index (χ3v) is 2.89. The first-order chi connectivity index (χ1) is 9.25. The van der Waals surface area contributed by atoms with Crippen LogP contribution in [0.4, 0.5) is 13.2 Å². The lowest BCUT2D eigenvalue weighted by Crippen LogP contribution is -2.40. The summed E-state index contributed by atoms with van der Waals surface area (Å²) in [4.78, 5) is 11.8. The van der Waals surface area contributed by atoms with Gasteiger partial charge in [-0.3, -0.25) is 0 Å². The topological polar surface area (TPSA) is 35.5 Å². The Labute approximate surface area is 114 Å². The highest BCUT2D eigenvalue weighted by Gasteiger charge is 2.40. The van der Waals surface area contributed by atoms with Gasteiger partial charge in [-0.25, -0.2) is 18.0 Å².